The molecule has 1 aromatic heterocycles. The molecule has 5 heteroatoms. The summed E-state index contributed by atoms with van der Waals surface area (Å²) in [5.74, 6) is -0.329. The quantitative estimate of drug-likeness (QED) is 0.905. The number of carbonyl (C=O) groups excluding carboxylic acids is 1. The van der Waals surface area contributed by atoms with Crippen molar-refractivity contribution in [3.8, 4) is 0 Å². The van der Waals surface area contributed by atoms with Crippen molar-refractivity contribution in [3.05, 3.63) is 69.1 Å². The molecule has 0 saturated heterocycles. The molecule has 0 aliphatic heterocycles. The highest BCUT2D eigenvalue weighted by Crippen LogP contribution is 2.17. The van der Waals surface area contributed by atoms with Gasteiger partial charge in [-0.15, -0.1) is 0 Å². The van der Waals surface area contributed by atoms with Crippen molar-refractivity contribution in [1.82, 2.24) is 10.3 Å². The van der Waals surface area contributed by atoms with Gasteiger partial charge in [0.05, 0.1) is 6.04 Å². The van der Waals surface area contributed by atoms with Crippen LogP contribution in [0.3, 0.4) is 0 Å². The number of hydrogen-bond donors (Lipinski definition) is 2. The van der Waals surface area contributed by atoms with Gasteiger partial charge >= 0.3 is 0 Å². The molecule has 1 heterocycles. The Kier molecular flexibility index (Phi) is 4.02. The Morgan fingerprint density at radius 3 is 2.68 bits per heavy atom. The van der Waals surface area contributed by atoms with E-state index < -0.39 is 0 Å². The Bertz CT molecular complexity index is 652. The Balaban J connectivity index is 2.13. The van der Waals surface area contributed by atoms with Gasteiger partial charge in [0.1, 0.15) is 5.69 Å². The fraction of sp³-hybridized carbons (Fsp3) is 0.143. The summed E-state index contributed by atoms with van der Waals surface area (Å²) in [5, 5.41) is 3.42. The molecule has 4 nitrogen and oxygen atoms in total. The van der Waals surface area contributed by atoms with E-state index >= 15 is 0 Å². The summed E-state index contributed by atoms with van der Waals surface area (Å²) in [6, 6.07) is 11.5. The van der Waals surface area contributed by atoms with Crippen molar-refractivity contribution in [1.29, 1.82) is 0 Å². The fourth-order valence-corrected chi connectivity index (χ4v) is 1.91. The van der Waals surface area contributed by atoms with E-state index in [0.717, 1.165) is 5.56 Å². The second-order valence-electron chi connectivity index (χ2n) is 4.18. The average molecular weight is 277 g/mol. The van der Waals surface area contributed by atoms with Gasteiger partial charge in [-0.25, -0.2) is 0 Å². The van der Waals surface area contributed by atoms with Crippen LogP contribution in [0.2, 0.25) is 5.02 Å². The first-order chi connectivity index (χ1) is 9.06. The lowest BCUT2D eigenvalue weighted by Crippen LogP contribution is -2.28. The minimum Gasteiger partial charge on any atom is -0.344 e. The molecule has 1 unspecified atom stereocenters. The minimum absolute atomic E-state index is 0.199. The molecular weight excluding hydrogens is 264 g/mol. The lowest BCUT2D eigenvalue weighted by Gasteiger charge is -2.14. The summed E-state index contributed by atoms with van der Waals surface area (Å²) in [5.41, 5.74) is 0.837. The molecular formula is C14H13ClN2O2. The molecule has 2 aromatic rings. The average Bonchev–Trinajstić information content (AvgIpc) is 2.38. The molecule has 1 aromatic carbocycles. The number of rotatable bonds is 3. The highest BCUT2D eigenvalue weighted by Gasteiger charge is 2.12. The molecule has 0 aliphatic carbocycles. The molecule has 1 atom stereocenters. The summed E-state index contributed by atoms with van der Waals surface area (Å²) in [4.78, 5) is 25.6. The molecule has 0 fully saturated rings. The van der Waals surface area contributed by atoms with E-state index in [1.807, 2.05) is 19.1 Å². The van der Waals surface area contributed by atoms with Crippen LogP contribution in [0.25, 0.3) is 0 Å². The van der Waals surface area contributed by atoms with Gasteiger partial charge in [0.2, 0.25) is 5.56 Å². The first-order valence-corrected chi connectivity index (χ1v) is 6.20. The third-order valence-corrected chi connectivity index (χ3v) is 2.94. The first-order valence-electron chi connectivity index (χ1n) is 5.82. The Labute approximate surface area is 115 Å². The van der Waals surface area contributed by atoms with Crippen molar-refractivity contribution in [2.75, 3.05) is 0 Å². The maximum absolute atomic E-state index is 12.0. The van der Waals surface area contributed by atoms with Crippen LogP contribution in [0.15, 0.2) is 47.3 Å². The molecule has 0 saturated carbocycles. The lowest BCUT2D eigenvalue weighted by atomic mass is 10.1. The van der Waals surface area contributed by atoms with Gasteiger partial charge in [0.15, 0.2) is 0 Å². The molecule has 19 heavy (non-hydrogen) atoms. The molecule has 0 spiro atoms. The number of halogens is 1. The molecule has 1 amide bonds. The maximum atomic E-state index is 12.0. The standard InChI is InChI=1S/C14H13ClN2O2/c1-9(10-4-2-5-11(15)8-10)16-14(19)12-6-3-7-13(18)17-12/h2-9H,1H3,(H,16,19)(H,17,18). The smallest absolute Gasteiger partial charge is 0.268 e. The van der Waals surface area contributed by atoms with E-state index in [0.29, 0.717) is 5.02 Å². The van der Waals surface area contributed by atoms with Gasteiger partial charge in [-0.1, -0.05) is 29.8 Å². The van der Waals surface area contributed by atoms with Crippen molar-refractivity contribution in [2.24, 2.45) is 0 Å². The van der Waals surface area contributed by atoms with E-state index in [1.165, 1.54) is 12.1 Å². The first kappa shape index (κ1) is 13.4. The van der Waals surface area contributed by atoms with Gasteiger partial charge in [-0.05, 0) is 30.7 Å². The number of benzene rings is 1. The number of H-pyrrole nitrogens is 1. The van der Waals surface area contributed by atoms with Crippen molar-refractivity contribution in [2.45, 2.75) is 13.0 Å². The lowest BCUT2D eigenvalue weighted by molar-refractivity contribution is 0.0934. The summed E-state index contributed by atoms with van der Waals surface area (Å²) < 4.78 is 0. The number of nitrogens with one attached hydrogen (secondary N) is 2. The van der Waals surface area contributed by atoms with Crippen LogP contribution in [-0.2, 0) is 0 Å². The Morgan fingerprint density at radius 1 is 1.26 bits per heavy atom. The maximum Gasteiger partial charge on any atom is 0.268 e. The third kappa shape index (κ3) is 3.45. The van der Waals surface area contributed by atoms with Crippen LogP contribution in [0.1, 0.15) is 29.0 Å². The van der Waals surface area contributed by atoms with Crippen LogP contribution in [0, 0.1) is 0 Å². The van der Waals surface area contributed by atoms with Gasteiger partial charge < -0.3 is 10.3 Å². The summed E-state index contributed by atoms with van der Waals surface area (Å²) >= 11 is 5.90. The number of pyridine rings is 1. The predicted octanol–water partition coefficient (Wildman–Crippen LogP) is 2.52. The molecule has 0 aliphatic rings. The Morgan fingerprint density at radius 2 is 2.00 bits per heavy atom. The monoisotopic (exact) mass is 276 g/mol. The molecule has 98 valence electrons. The van der Waals surface area contributed by atoms with Crippen LogP contribution < -0.4 is 10.9 Å². The van der Waals surface area contributed by atoms with Crippen molar-refractivity contribution < 1.29 is 4.79 Å². The molecule has 0 radical (unpaired) electrons. The highest BCUT2D eigenvalue weighted by atomic mass is 35.5. The zero-order valence-corrected chi connectivity index (χ0v) is 11.1. The van der Waals surface area contributed by atoms with Crippen LogP contribution in [-0.4, -0.2) is 10.9 Å². The van der Waals surface area contributed by atoms with Crippen molar-refractivity contribution >= 4 is 17.5 Å². The molecule has 2 N–H and O–H groups in total. The molecule has 2 rings (SSSR count). The molecule has 0 bridgehead atoms. The minimum atomic E-state index is -0.329. The summed E-state index contributed by atoms with van der Waals surface area (Å²) in [7, 11) is 0. The van der Waals surface area contributed by atoms with Crippen molar-refractivity contribution in [3.63, 3.8) is 0 Å². The number of aromatic amines is 1. The van der Waals surface area contributed by atoms with Gasteiger partial charge in [0, 0.05) is 11.1 Å². The van der Waals surface area contributed by atoms with E-state index in [2.05, 4.69) is 10.3 Å². The topological polar surface area (TPSA) is 62.0 Å². The summed E-state index contributed by atoms with van der Waals surface area (Å²) in [6.45, 7) is 1.85. The van der Waals surface area contributed by atoms with Gasteiger partial charge in [0.25, 0.3) is 5.91 Å². The van der Waals surface area contributed by atoms with E-state index in [4.69, 9.17) is 11.6 Å². The number of aromatic nitrogens is 1. The predicted molar refractivity (Wildman–Crippen MR) is 74.4 cm³/mol. The van der Waals surface area contributed by atoms with Gasteiger partial charge in [-0.3, -0.25) is 9.59 Å². The van der Waals surface area contributed by atoms with Crippen LogP contribution >= 0.6 is 11.6 Å². The SMILES string of the molecule is CC(NC(=O)c1cccc(=O)[nH]1)c1cccc(Cl)c1. The second kappa shape index (κ2) is 5.71. The van der Waals surface area contributed by atoms with Crippen LogP contribution in [0.4, 0.5) is 0 Å². The normalized spacial score (nSPS) is 11.9. The zero-order valence-electron chi connectivity index (χ0n) is 10.3. The highest BCUT2D eigenvalue weighted by molar-refractivity contribution is 6.30. The summed E-state index contributed by atoms with van der Waals surface area (Å²) in [6.07, 6.45) is 0. The Hall–Kier alpha value is -2.07. The van der Waals surface area contributed by atoms with E-state index in [1.54, 1.807) is 18.2 Å². The number of amides is 1. The van der Waals surface area contributed by atoms with E-state index in [9.17, 15) is 9.59 Å². The van der Waals surface area contributed by atoms with Gasteiger partial charge in [-0.2, -0.15) is 0 Å². The van der Waals surface area contributed by atoms with Crippen LogP contribution in [0.5, 0.6) is 0 Å². The van der Waals surface area contributed by atoms with E-state index in [-0.39, 0.29) is 23.2 Å². The zero-order chi connectivity index (χ0) is 13.8. The third-order valence-electron chi connectivity index (χ3n) is 2.71. The second-order valence-corrected chi connectivity index (χ2v) is 4.62. The number of hydrogen-bond acceptors (Lipinski definition) is 2. The number of carbonyl (C=O) groups is 1. The largest absolute Gasteiger partial charge is 0.344 e. The fourth-order valence-electron chi connectivity index (χ4n) is 1.71.